The van der Waals surface area contributed by atoms with Gasteiger partial charge in [0.2, 0.25) is 0 Å². The molecule has 1 unspecified atom stereocenters. The number of carbonyl (C=O) groups is 1. The number of halogens is 1. The van der Waals surface area contributed by atoms with E-state index < -0.39 is 23.5 Å². The Morgan fingerprint density at radius 2 is 2.25 bits per heavy atom. The molecule has 0 amide bonds. The Bertz CT molecular complexity index is 616. The molecule has 0 saturated carbocycles. The molecule has 0 bridgehead atoms. The summed E-state index contributed by atoms with van der Waals surface area (Å²) in [4.78, 5) is 10.8. The second-order valence-corrected chi connectivity index (χ2v) is 4.96. The van der Waals surface area contributed by atoms with Crippen LogP contribution in [0.25, 0.3) is 0 Å². The number of hydrogen-bond donors (Lipinski definition) is 4. The van der Waals surface area contributed by atoms with Gasteiger partial charge in [-0.1, -0.05) is 0 Å². The van der Waals surface area contributed by atoms with E-state index >= 15 is 0 Å². The summed E-state index contributed by atoms with van der Waals surface area (Å²) in [5.41, 5.74) is 6.30. The Kier molecular flexibility index (Phi) is 4.21. The first-order chi connectivity index (χ1) is 9.49. The molecular weight excluding hydrogens is 283 g/mol. The third-order valence-corrected chi connectivity index (χ3v) is 3.48. The lowest BCUT2D eigenvalue weighted by Gasteiger charge is -2.14. The molecule has 7 heteroatoms. The van der Waals surface area contributed by atoms with Crippen LogP contribution in [-0.4, -0.2) is 22.7 Å². The highest BCUT2D eigenvalue weighted by atomic mass is 32.1. The van der Waals surface area contributed by atoms with Crippen molar-refractivity contribution in [3.8, 4) is 0 Å². The molecule has 1 aromatic carbocycles. The lowest BCUT2D eigenvalue weighted by atomic mass is 10.1. The molecule has 0 radical (unpaired) electrons. The summed E-state index contributed by atoms with van der Waals surface area (Å²) in [7, 11) is 0. The van der Waals surface area contributed by atoms with Crippen LogP contribution in [0.15, 0.2) is 29.0 Å². The van der Waals surface area contributed by atoms with E-state index in [0.29, 0.717) is 0 Å². The zero-order valence-corrected chi connectivity index (χ0v) is 11.2. The summed E-state index contributed by atoms with van der Waals surface area (Å²) in [6.45, 7) is 0.146. The van der Waals surface area contributed by atoms with Crippen molar-refractivity contribution >= 4 is 28.7 Å². The zero-order chi connectivity index (χ0) is 14.7. The van der Waals surface area contributed by atoms with Crippen LogP contribution in [0.4, 0.5) is 15.8 Å². The van der Waals surface area contributed by atoms with Crippen LogP contribution in [0.2, 0.25) is 0 Å². The molecule has 5 N–H and O–H groups in total. The average molecular weight is 296 g/mol. The Morgan fingerprint density at radius 1 is 1.50 bits per heavy atom. The number of nitrogen functional groups attached to an aromatic ring is 1. The van der Waals surface area contributed by atoms with Gasteiger partial charge in [-0.25, -0.2) is 9.18 Å². The van der Waals surface area contributed by atoms with Gasteiger partial charge in [0, 0.05) is 6.54 Å². The standard InChI is InChI=1S/C13H13FN2O3S/c14-9-4-11(10(15)3-8(9)13(18)19)16-5-12(17)7-1-2-20-6-7/h1-4,6,12,16-17H,5,15H2,(H,18,19). The minimum Gasteiger partial charge on any atom is -0.478 e. The van der Waals surface area contributed by atoms with Crippen LogP contribution >= 0.6 is 11.3 Å². The van der Waals surface area contributed by atoms with E-state index in [1.165, 1.54) is 11.3 Å². The lowest BCUT2D eigenvalue weighted by Crippen LogP contribution is -2.13. The molecule has 1 atom stereocenters. The maximum absolute atomic E-state index is 13.5. The minimum absolute atomic E-state index is 0.112. The summed E-state index contributed by atoms with van der Waals surface area (Å²) < 4.78 is 13.5. The molecule has 0 fully saturated rings. The second-order valence-electron chi connectivity index (χ2n) is 4.18. The number of nitrogens with two attached hydrogens (primary N) is 1. The predicted octanol–water partition coefficient (Wildman–Crippen LogP) is 2.31. The maximum Gasteiger partial charge on any atom is 0.338 e. The van der Waals surface area contributed by atoms with Crippen molar-refractivity contribution in [1.29, 1.82) is 0 Å². The van der Waals surface area contributed by atoms with Gasteiger partial charge in [0.15, 0.2) is 0 Å². The molecule has 1 heterocycles. The molecule has 2 aromatic rings. The normalized spacial score (nSPS) is 12.1. The predicted molar refractivity (Wildman–Crippen MR) is 75.5 cm³/mol. The van der Waals surface area contributed by atoms with Crippen molar-refractivity contribution < 1.29 is 19.4 Å². The molecule has 2 rings (SSSR count). The van der Waals surface area contributed by atoms with Crippen molar-refractivity contribution in [2.24, 2.45) is 0 Å². The quantitative estimate of drug-likeness (QED) is 0.635. The van der Waals surface area contributed by atoms with Gasteiger partial charge in [-0.3, -0.25) is 0 Å². The average Bonchev–Trinajstić information content (AvgIpc) is 2.92. The molecule has 0 aliphatic heterocycles. The number of carboxylic acids is 1. The monoisotopic (exact) mass is 296 g/mol. The van der Waals surface area contributed by atoms with Gasteiger partial charge in [-0.2, -0.15) is 11.3 Å². The maximum atomic E-state index is 13.5. The number of thiophene rings is 1. The molecular formula is C13H13FN2O3S. The van der Waals surface area contributed by atoms with Gasteiger partial charge < -0.3 is 21.3 Å². The van der Waals surface area contributed by atoms with Crippen LogP contribution < -0.4 is 11.1 Å². The highest BCUT2D eigenvalue weighted by molar-refractivity contribution is 7.07. The Balaban J connectivity index is 2.10. The topological polar surface area (TPSA) is 95.6 Å². The van der Waals surface area contributed by atoms with Crippen molar-refractivity contribution in [2.45, 2.75) is 6.10 Å². The van der Waals surface area contributed by atoms with Gasteiger partial charge >= 0.3 is 5.97 Å². The molecule has 0 spiro atoms. The highest BCUT2D eigenvalue weighted by Crippen LogP contribution is 2.24. The number of hydrogen-bond acceptors (Lipinski definition) is 5. The fourth-order valence-corrected chi connectivity index (χ4v) is 2.40. The number of anilines is 2. The van der Waals surface area contributed by atoms with Crippen LogP contribution in [-0.2, 0) is 0 Å². The number of aromatic carboxylic acids is 1. The first kappa shape index (κ1) is 14.3. The second kappa shape index (κ2) is 5.89. The number of nitrogens with one attached hydrogen (secondary N) is 1. The summed E-state index contributed by atoms with van der Waals surface area (Å²) >= 11 is 1.46. The van der Waals surface area contributed by atoms with E-state index in [0.717, 1.165) is 17.7 Å². The first-order valence-corrected chi connectivity index (χ1v) is 6.69. The van der Waals surface area contributed by atoms with Gasteiger partial charge in [0.1, 0.15) is 5.82 Å². The number of benzene rings is 1. The molecule has 5 nitrogen and oxygen atoms in total. The number of aliphatic hydroxyl groups excluding tert-OH is 1. The van der Waals surface area contributed by atoms with E-state index in [1.54, 1.807) is 6.07 Å². The molecule has 1 aromatic heterocycles. The summed E-state index contributed by atoms with van der Waals surface area (Å²) in [5.74, 6) is -2.25. The van der Waals surface area contributed by atoms with E-state index in [2.05, 4.69) is 5.32 Å². The van der Waals surface area contributed by atoms with E-state index in [4.69, 9.17) is 10.8 Å². The van der Waals surface area contributed by atoms with E-state index in [-0.39, 0.29) is 17.9 Å². The van der Waals surface area contributed by atoms with E-state index in [9.17, 15) is 14.3 Å². The summed E-state index contributed by atoms with van der Waals surface area (Å²) in [6, 6.07) is 3.85. The van der Waals surface area contributed by atoms with Crippen molar-refractivity contribution in [3.63, 3.8) is 0 Å². The summed E-state index contributed by atoms with van der Waals surface area (Å²) in [6.07, 6.45) is -0.747. The van der Waals surface area contributed by atoms with Crippen LogP contribution in [0.1, 0.15) is 22.0 Å². The van der Waals surface area contributed by atoms with Crippen molar-refractivity contribution in [2.75, 3.05) is 17.6 Å². The van der Waals surface area contributed by atoms with Crippen LogP contribution in [0, 0.1) is 5.82 Å². The summed E-state index contributed by atoms with van der Waals surface area (Å²) in [5, 5.41) is 25.1. The third-order valence-electron chi connectivity index (χ3n) is 2.78. The van der Waals surface area contributed by atoms with Gasteiger partial charge in [0.25, 0.3) is 0 Å². The fourth-order valence-electron chi connectivity index (χ4n) is 1.70. The molecule has 0 aliphatic rings. The molecule has 0 aliphatic carbocycles. The van der Waals surface area contributed by atoms with Crippen molar-refractivity contribution in [1.82, 2.24) is 0 Å². The lowest BCUT2D eigenvalue weighted by molar-refractivity contribution is 0.0692. The Morgan fingerprint density at radius 3 is 2.85 bits per heavy atom. The molecule has 20 heavy (non-hydrogen) atoms. The number of aliphatic hydroxyl groups is 1. The highest BCUT2D eigenvalue weighted by Gasteiger charge is 2.14. The van der Waals surface area contributed by atoms with Crippen LogP contribution in [0.3, 0.4) is 0 Å². The molecule has 0 saturated heterocycles. The zero-order valence-electron chi connectivity index (χ0n) is 10.3. The van der Waals surface area contributed by atoms with E-state index in [1.807, 2.05) is 10.8 Å². The van der Waals surface area contributed by atoms with Crippen LogP contribution in [0.5, 0.6) is 0 Å². The van der Waals surface area contributed by atoms with Gasteiger partial charge in [0.05, 0.1) is 23.0 Å². The van der Waals surface area contributed by atoms with Crippen molar-refractivity contribution in [3.05, 3.63) is 45.9 Å². The number of rotatable bonds is 5. The first-order valence-electron chi connectivity index (χ1n) is 5.75. The smallest absolute Gasteiger partial charge is 0.338 e. The largest absolute Gasteiger partial charge is 0.478 e. The Labute approximate surface area is 118 Å². The van der Waals surface area contributed by atoms with Gasteiger partial charge in [-0.15, -0.1) is 0 Å². The molecule has 106 valence electrons. The fraction of sp³-hybridized carbons (Fsp3) is 0.154. The third kappa shape index (κ3) is 3.06. The Hall–Kier alpha value is -2.12. The SMILES string of the molecule is Nc1cc(C(=O)O)c(F)cc1NCC(O)c1ccsc1. The van der Waals surface area contributed by atoms with Gasteiger partial charge in [-0.05, 0) is 34.5 Å². The number of carboxylic acid groups (broad SMARTS) is 1. The minimum atomic E-state index is -1.38.